The van der Waals surface area contributed by atoms with Gasteiger partial charge in [0.2, 0.25) is 0 Å². The van der Waals surface area contributed by atoms with E-state index in [4.69, 9.17) is 9.47 Å². The number of para-hydroxylation sites is 1. The Hall–Kier alpha value is -3.33. The molecule has 0 aliphatic carbocycles. The molecule has 6 heteroatoms. The number of ether oxygens (including phenoxy) is 2. The first-order valence-corrected chi connectivity index (χ1v) is 9.02. The van der Waals surface area contributed by atoms with Crippen LogP contribution in [0.3, 0.4) is 0 Å². The molecule has 0 aliphatic heterocycles. The van der Waals surface area contributed by atoms with E-state index in [0.717, 1.165) is 0 Å². The summed E-state index contributed by atoms with van der Waals surface area (Å²) in [6.45, 7) is 6.76. The number of hydrogen-bond acceptors (Lipinski definition) is 5. The molecule has 0 radical (unpaired) electrons. The lowest BCUT2D eigenvalue weighted by molar-refractivity contribution is -0.130. The number of nitriles is 1. The number of hydrogen-bond donors (Lipinski definition) is 1. The van der Waals surface area contributed by atoms with E-state index in [1.165, 1.54) is 6.92 Å². The van der Waals surface area contributed by atoms with Crippen molar-refractivity contribution >= 4 is 11.9 Å². The van der Waals surface area contributed by atoms with Gasteiger partial charge >= 0.3 is 5.97 Å². The van der Waals surface area contributed by atoms with Crippen molar-refractivity contribution in [2.45, 2.75) is 39.3 Å². The summed E-state index contributed by atoms with van der Waals surface area (Å²) in [5.41, 5.74) is -0.777. The third-order valence-electron chi connectivity index (χ3n) is 4.47. The Morgan fingerprint density at radius 1 is 1.04 bits per heavy atom. The Morgan fingerprint density at radius 2 is 1.68 bits per heavy atom. The highest BCUT2D eigenvalue weighted by molar-refractivity contribution is 5.92. The molecule has 1 N–H and O–H groups in total. The fourth-order valence-corrected chi connectivity index (χ4v) is 2.25. The van der Waals surface area contributed by atoms with Crippen LogP contribution in [0.2, 0.25) is 0 Å². The number of nitrogens with zero attached hydrogens (tertiary/aromatic N) is 1. The number of carbonyl (C=O) groups is 2. The molecule has 0 saturated heterocycles. The minimum atomic E-state index is -1.04. The summed E-state index contributed by atoms with van der Waals surface area (Å²) in [5, 5.41) is 12.0. The zero-order valence-corrected chi connectivity index (χ0v) is 16.4. The first-order chi connectivity index (χ1) is 13.2. The second kappa shape index (κ2) is 9.05. The summed E-state index contributed by atoms with van der Waals surface area (Å²) in [4.78, 5) is 24.7. The van der Waals surface area contributed by atoms with Gasteiger partial charge in [-0.05, 0) is 50.1 Å². The Morgan fingerprint density at radius 3 is 2.29 bits per heavy atom. The van der Waals surface area contributed by atoms with Crippen LogP contribution in [-0.2, 0) is 9.53 Å². The van der Waals surface area contributed by atoms with Crippen LogP contribution in [0.1, 0.15) is 38.1 Å². The Bertz CT molecular complexity index is 874. The topological polar surface area (TPSA) is 88.4 Å². The summed E-state index contributed by atoms with van der Waals surface area (Å²) in [6, 6.07) is 17.8. The molecule has 0 heterocycles. The summed E-state index contributed by atoms with van der Waals surface area (Å²) in [5.74, 6) is -0.150. The predicted molar refractivity (Wildman–Crippen MR) is 105 cm³/mol. The summed E-state index contributed by atoms with van der Waals surface area (Å²) in [6.07, 6.45) is -1.04. The molecule has 28 heavy (non-hydrogen) atoms. The molecule has 0 fully saturated rings. The maximum atomic E-state index is 12.4. The normalized spacial score (nSPS) is 13.7. The van der Waals surface area contributed by atoms with E-state index in [1.807, 2.05) is 32.0 Å². The van der Waals surface area contributed by atoms with E-state index in [9.17, 15) is 14.9 Å². The van der Waals surface area contributed by atoms with Crippen LogP contribution in [0.25, 0.3) is 0 Å². The molecular formula is C22H24N2O4. The highest BCUT2D eigenvalue weighted by Crippen LogP contribution is 2.22. The first-order valence-electron chi connectivity index (χ1n) is 9.02. The largest absolute Gasteiger partial charge is 0.457 e. The van der Waals surface area contributed by atoms with Crippen LogP contribution in [0.4, 0.5) is 0 Å². The van der Waals surface area contributed by atoms with Crippen LogP contribution in [0, 0.1) is 17.2 Å². The average Bonchev–Trinajstić information content (AvgIpc) is 2.68. The quantitative estimate of drug-likeness (QED) is 0.731. The van der Waals surface area contributed by atoms with Gasteiger partial charge in [-0.1, -0.05) is 38.1 Å². The van der Waals surface area contributed by atoms with E-state index >= 15 is 0 Å². The molecular weight excluding hydrogens is 356 g/mol. The van der Waals surface area contributed by atoms with Gasteiger partial charge in [0.1, 0.15) is 17.0 Å². The maximum Gasteiger partial charge on any atom is 0.339 e. The highest BCUT2D eigenvalue weighted by atomic mass is 16.5. The Kier molecular flexibility index (Phi) is 6.78. The third-order valence-corrected chi connectivity index (χ3v) is 4.47. The van der Waals surface area contributed by atoms with Gasteiger partial charge in [-0.15, -0.1) is 0 Å². The lowest BCUT2D eigenvalue weighted by Gasteiger charge is -2.28. The molecule has 146 valence electrons. The minimum absolute atomic E-state index is 0.101. The van der Waals surface area contributed by atoms with E-state index < -0.39 is 23.5 Å². The lowest BCUT2D eigenvalue weighted by atomic mass is 9.90. The molecule has 2 atom stereocenters. The molecule has 2 aromatic carbocycles. The van der Waals surface area contributed by atoms with Crippen molar-refractivity contribution in [1.29, 1.82) is 5.26 Å². The van der Waals surface area contributed by atoms with E-state index in [1.54, 1.807) is 43.3 Å². The van der Waals surface area contributed by atoms with Crippen molar-refractivity contribution in [2.75, 3.05) is 0 Å². The zero-order chi connectivity index (χ0) is 20.7. The Labute approximate surface area is 165 Å². The van der Waals surface area contributed by atoms with Gasteiger partial charge in [0.15, 0.2) is 6.10 Å². The van der Waals surface area contributed by atoms with Gasteiger partial charge in [0, 0.05) is 0 Å². The predicted octanol–water partition coefficient (Wildman–Crippen LogP) is 4.08. The van der Waals surface area contributed by atoms with Gasteiger partial charge in [0.05, 0.1) is 11.6 Å². The number of rotatable bonds is 7. The van der Waals surface area contributed by atoms with Crippen LogP contribution < -0.4 is 10.1 Å². The van der Waals surface area contributed by atoms with Crippen LogP contribution >= 0.6 is 0 Å². The van der Waals surface area contributed by atoms with Gasteiger partial charge in [-0.2, -0.15) is 5.26 Å². The van der Waals surface area contributed by atoms with Crippen molar-refractivity contribution in [2.24, 2.45) is 5.92 Å². The average molecular weight is 380 g/mol. The van der Waals surface area contributed by atoms with Gasteiger partial charge in [-0.25, -0.2) is 4.79 Å². The SMILES string of the molecule is CC(C)[C@](C)(C#N)NC(=O)[C@H](C)OC(=O)c1cccc(Oc2ccccc2)c1. The molecule has 0 aliphatic rings. The van der Waals surface area contributed by atoms with E-state index in [-0.39, 0.29) is 11.5 Å². The van der Waals surface area contributed by atoms with Crippen molar-refractivity contribution < 1.29 is 19.1 Å². The maximum absolute atomic E-state index is 12.4. The number of nitrogens with one attached hydrogen (secondary N) is 1. The highest BCUT2D eigenvalue weighted by Gasteiger charge is 2.32. The van der Waals surface area contributed by atoms with Crippen LogP contribution in [-0.4, -0.2) is 23.5 Å². The molecule has 0 unspecified atom stereocenters. The number of amides is 1. The van der Waals surface area contributed by atoms with Gasteiger partial charge in [-0.3, -0.25) is 4.79 Å². The van der Waals surface area contributed by atoms with Gasteiger partial charge in [0.25, 0.3) is 5.91 Å². The summed E-state index contributed by atoms with van der Waals surface area (Å²) >= 11 is 0. The van der Waals surface area contributed by atoms with E-state index in [2.05, 4.69) is 11.4 Å². The molecule has 0 aromatic heterocycles. The summed E-state index contributed by atoms with van der Waals surface area (Å²) < 4.78 is 11.0. The third kappa shape index (κ3) is 5.34. The van der Waals surface area contributed by atoms with Crippen molar-refractivity contribution in [1.82, 2.24) is 5.32 Å². The Balaban J connectivity index is 2.03. The summed E-state index contributed by atoms with van der Waals surface area (Å²) in [7, 11) is 0. The van der Waals surface area contributed by atoms with Crippen LogP contribution in [0.15, 0.2) is 54.6 Å². The standard InChI is InChI=1S/C22H24N2O4/c1-15(2)22(4,14-23)24-20(25)16(3)27-21(26)17-9-8-12-19(13-17)28-18-10-6-5-7-11-18/h5-13,15-16H,1-4H3,(H,24,25)/t16-,22-/m0/s1. The fourth-order valence-electron chi connectivity index (χ4n) is 2.25. The molecule has 0 bridgehead atoms. The van der Waals surface area contributed by atoms with Crippen LogP contribution in [0.5, 0.6) is 11.5 Å². The number of benzene rings is 2. The van der Waals surface area contributed by atoms with Crippen molar-refractivity contribution in [3.63, 3.8) is 0 Å². The zero-order valence-electron chi connectivity index (χ0n) is 16.4. The fraction of sp³-hybridized carbons (Fsp3) is 0.318. The molecule has 0 saturated carbocycles. The molecule has 6 nitrogen and oxygen atoms in total. The molecule has 2 rings (SSSR count). The second-order valence-electron chi connectivity index (χ2n) is 6.95. The number of carbonyl (C=O) groups excluding carboxylic acids is 2. The monoisotopic (exact) mass is 380 g/mol. The smallest absolute Gasteiger partial charge is 0.339 e. The minimum Gasteiger partial charge on any atom is -0.457 e. The molecule has 2 aromatic rings. The van der Waals surface area contributed by atoms with Crippen molar-refractivity contribution in [3.8, 4) is 17.6 Å². The van der Waals surface area contributed by atoms with Crippen molar-refractivity contribution in [3.05, 3.63) is 60.2 Å². The van der Waals surface area contributed by atoms with Gasteiger partial charge < -0.3 is 14.8 Å². The molecule has 0 spiro atoms. The molecule has 1 amide bonds. The second-order valence-corrected chi connectivity index (χ2v) is 6.95. The number of esters is 1. The van der Waals surface area contributed by atoms with E-state index in [0.29, 0.717) is 11.5 Å². The lowest BCUT2D eigenvalue weighted by Crippen LogP contribution is -2.52. The first kappa shape index (κ1) is 21.0.